The Balaban J connectivity index is 2.26. The van der Waals surface area contributed by atoms with Crippen molar-refractivity contribution in [2.24, 2.45) is 0 Å². The minimum absolute atomic E-state index is 0.0971. The minimum atomic E-state index is -4.74. The average Bonchev–Trinajstić information content (AvgIpc) is 2.60. The smallest absolute Gasteiger partial charge is 0.333 e. The van der Waals surface area contributed by atoms with E-state index in [1.54, 1.807) is 82.1 Å². The van der Waals surface area contributed by atoms with Gasteiger partial charge in [-0.2, -0.15) is 1.33 Å². The first kappa shape index (κ1) is 24.0. The zero-order chi connectivity index (χ0) is 21.8. The summed E-state index contributed by atoms with van der Waals surface area (Å²) in [5.41, 5.74) is -1.69. The number of aliphatic carboxylic acids is 1. The number of halogens is 2. The van der Waals surface area contributed by atoms with Gasteiger partial charge in [0.1, 0.15) is 23.4 Å². The van der Waals surface area contributed by atoms with Crippen molar-refractivity contribution in [1.29, 1.82) is 0 Å². The highest BCUT2D eigenvalue weighted by Crippen LogP contribution is 2.39. The molecule has 0 aliphatic carbocycles. The maximum atomic E-state index is 12.5. The Morgan fingerprint density at radius 2 is 1.48 bits per heavy atom. The molecule has 0 aliphatic rings. The monoisotopic (exact) mass is 647 g/mol. The third-order valence-corrected chi connectivity index (χ3v) is 6.26. The molecule has 9 nitrogen and oxygen atoms in total. The van der Waals surface area contributed by atoms with Crippen LogP contribution in [0.5, 0.6) is 17.2 Å². The van der Waals surface area contributed by atoms with E-state index in [4.69, 9.17) is 14.5 Å². The lowest BCUT2D eigenvalue weighted by molar-refractivity contribution is -0.150. The summed E-state index contributed by atoms with van der Waals surface area (Å²) in [6, 6.07) is 12.4. The SMILES string of the molecule is O=C(O)[C@@](Cc1ccc(Oc2ccc(O)cc2)cc1)(C(=O)CP(=O)(O)O)N(I)I. The van der Waals surface area contributed by atoms with Gasteiger partial charge in [0.15, 0.2) is 11.3 Å². The quantitative estimate of drug-likeness (QED) is 0.140. The Bertz CT molecular complexity index is 929. The summed E-state index contributed by atoms with van der Waals surface area (Å²) in [7, 11) is -4.74. The molecule has 0 spiro atoms. The fraction of sp³-hybridized carbons (Fsp3) is 0.176. The van der Waals surface area contributed by atoms with Gasteiger partial charge in [-0.3, -0.25) is 9.36 Å². The molecule has 12 heteroatoms. The predicted octanol–water partition coefficient (Wildman–Crippen LogP) is 3.30. The molecule has 2 aromatic rings. The van der Waals surface area contributed by atoms with Crippen LogP contribution in [-0.4, -0.2) is 44.8 Å². The zero-order valence-electron chi connectivity index (χ0n) is 14.6. The maximum Gasteiger partial charge on any atom is 0.333 e. The summed E-state index contributed by atoms with van der Waals surface area (Å²) in [6.45, 7) is 0. The van der Waals surface area contributed by atoms with E-state index in [0.29, 0.717) is 17.1 Å². The summed E-state index contributed by atoms with van der Waals surface area (Å²) in [5, 5.41) is 19.0. The number of aromatic hydroxyl groups is 1. The highest BCUT2D eigenvalue weighted by atomic mass is 127. The van der Waals surface area contributed by atoms with Gasteiger partial charge in [0.2, 0.25) is 0 Å². The lowest BCUT2D eigenvalue weighted by atomic mass is 9.88. The van der Waals surface area contributed by atoms with Crippen LogP contribution in [0.25, 0.3) is 0 Å². The molecule has 0 aromatic heterocycles. The number of nitrogens with zero attached hydrogens (tertiary/aromatic N) is 1. The molecule has 0 radical (unpaired) electrons. The number of carboxylic acid groups (broad SMARTS) is 1. The Morgan fingerprint density at radius 1 is 1.00 bits per heavy atom. The standard InChI is InChI=1S/C17H16I2NO8P/c18-20(19)17(16(23)24,15(22)10-29(25,26)27)9-11-1-5-13(6-2-11)28-14-7-3-12(21)4-8-14/h1-8,21H,9-10H2,(H,23,24)(H2,25,26,27)/t17-/m1/s1. The van der Waals surface area contributed by atoms with Crippen LogP contribution in [0.15, 0.2) is 48.5 Å². The summed E-state index contributed by atoms with van der Waals surface area (Å²) >= 11 is 3.22. The summed E-state index contributed by atoms with van der Waals surface area (Å²) < 4.78 is 18.0. The number of carboxylic acids is 1. The van der Waals surface area contributed by atoms with E-state index in [1.165, 1.54) is 12.1 Å². The second-order valence-corrected chi connectivity index (χ2v) is 11.5. The number of ether oxygens (including phenoxy) is 1. The van der Waals surface area contributed by atoms with Gasteiger partial charge in [-0.1, -0.05) is 12.1 Å². The van der Waals surface area contributed by atoms with E-state index in [-0.39, 0.29) is 12.2 Å². The van der Waals surface area contributed by atoms with Crippen LogP contribution < -0.4 is 4.74 Å². The van der Waals surface area contributed by atoms with Crippen LogP contribution in [-0.2, 0) is 20.6 Å². The van der Waals surface area contributed by atoms with Crippen molar-refractivity contribution >= 4 is 65.1 Å². The number of benzene rings is 2. The third kappa shape index (κ3) is 6.36. The molecule has 1 atom stereocenters. The summed E-state index contributed by atoms with van der Waals surface area (Å²) in [5.74, 6) is -1.57. The van der Waals surface area contributed by atoms with Crippen molar-refractivity contribution in [2.45, 2.75) is 12.0 Å². The largest absolute Gasteiger partial charge is 0.508 e. The zero-order valence-corrected chi connectivity index (χ0v) is 19.8. The lowest BCUT2D eigenvalue weighted by Gasteiger charge is -2.31. The highest BCUT2D eigenvalue weighted by molar-refractivity contribution is 14.2. The molecule has 156 valence electrons. The van der Waals surface area contributed by atoms with E-state index in [2.05, 4.69) is 0 Å². The number of hydrogen-bond acceptors (Lipinski definition) is 6. The van der Waals surface area contributed by atoms with Crippen LogP contribution in [0, 0.1) is 0 Å². The third-order valence-electron chi connectivity index (χ3n) is 3.91. The van der Waals surface area contributed by atoms with E-state index < -0.39 is 31.0 Å². The maximum absolute atomic E-state index is 12.5. The molecule has 0 saturated heterocycles. The number of Topliss-reactive ketones (excluding diaryl/α,β-unsaturated/α-hetero) is 1. The van der Waals surface area contributed by atoms with Crippen LogP contribution in [0.4, 0.5) is 0 Å². The number of carbonyl (C=O) groups excluding carboxylic acids is 1. The molecular formula is C17H16I2NO8P. The molecule has 0 amide bonds. The van der Waals surface area contributed by atoms with Crippen molar-refractivity contribution < 1.29 is 38.9 Å². The van der Waals surface area contributed by atoms with Crippen LogP contribution in [0.3, 0.4) is 0 Å². The molecule has 29 heavy (non-hydrogen) atoms. The molecule has 0 unspecified atom stereocenters. The van der Waals surface area contributed by atoms with Crippen LogP contribution in [0.2, 0.25) is 0 Å². The molecule has 2 rings (SSSR count). The number of hydrogen-bond donors (Lipinski definition) is 4. The van der Waals surface area contributed by atoms with Crippen molar-refractivity contribution in [1.82, 2.24) is 1.33 Å². The van der Waals surface area contributed by atoms with Gasteiger partial charge in [-0.05, 0) is 42.0 Å². The molecule has 0 bridgehead atoms. The van der Waals surface area contributed by atoms with Gasteiger partial charge in [-0.15, -0.1) is 0 Å². The fourth-order valence-electron chi connectivity index (χ4n) is 2.46. The van der Waals surface area contributed by atoms with Crippen LogP contribution >= 0.6 is 53.3 Å². The van der Waals surface area contributed by atoms with E-state index in [0.717, 1.165) is 1.33 Å². The van der Waals surface area contributed by atoms with Gasteiger partial charge in [0.05, 0.1) is 0 Å². The predicted molar refractivity (Wildman–Crippen MR) is 120 cm³/mol. The molecule has 2 aromatic carbocycles. The summed E-state index contributed by atoms with van der Waals surface area (Å²) in [6.07, 6.45) is -1.48. The van der Waals surface area contributed by atoms with Crippen molar-refractivity contribution in [2.75, 3.05) is 6.16 Å². The molecule has 0 aliphatic heterocycles. The second kappa shape index (κ2) is 9.71. The molecule has 0 heterocycles. The van der Waals surface area contributed by atoms with Gasteiger partial charge < -0.3 is 24.7 Å². The Labute approximate surface area is 193 Å². The minimum Gasteiger partial charge on any atom is -0.508 e. The molecule has 4 N–H and O–H groups in total. The first-order valence-corrected chi connectivity index (χ1v) is 11.7. The van der Waals surface area contributed by atoms with Crippen molar-refractivity contribution in [3.05, 3.63) is 54.1 Å². The van der Waals surface area contributed by atoms with Gasteiger partial charge >= 0.3 is 13.6 Å². The highest BCUT2D eigenvalue weighted by Gasteiger charge is 2.51. The van der Waals surface area contributed by atoms with Crippen LogP contribution in [0.1, 0.15) is 5.56 Å². The number of carbonyl (C=O) groups is 2. The Hall–Kier alpha value is -1.25. The molecule has 0 fully saturated rings. The first-order chi connectivity index (χ1) is 13.4. The van der Waals surface area contributed by atoms with Gasteiger partial charge in [0.25, 0.3) is 0 Å². The van der Waals surface area contributed by atoms with Crippen molar-refractivity contribution in [3.8, 4) is 17.2 Å². The fourth-order valence-corrected chi connectivity index (χ4v) is 4.39. The number of ketones is 1. The number of phenolic OH excluding ortho intramolecular Hbond substituents is 1. The van der Waals surface area contributed by atoms with Gasteiger partial charge in [-0.25, -0.2) is 4.79 Å². The summed E-state index contributed by atoms with van der Waals surface area (Å²) in [4.78, 5) is 42.7. The number of rotatable bonds is 9. The normalized spacial score (nSPS) is 13.7. The lowest BCUT2D eigenvalue weighted by Crippen LogP contribution is -2.56. The topological polar surface area (TPSA) is 145 Å². The van der Waals surface area contributed by atoms with Gasteiger partial charge in [0, 0.05) is 52.1 Å². The average molecular weight is 647 g/mol. The Kier molecular flexibility index (Phi) is 8.04. The molecular weight excluding hydrogens is 631 g/mol. The number of phenols is 1. The Morgan fingerprint density at radius 3 is 1.90 bits per heavy atom. The second-order valence-electron chi connectivity index (χ2n) is 6.06. The van der Waals surface area contributed by atoms with E-state index in [1.807, 2.05) is 0 Å². The van der Waals surface area contributed by atoms with Crippen molar-refractivity contribution in [3.63, 3.8) is 0 Å². The van der Waals surface area contributed by atoms with E-state index in [9.17, 15) is 24.4 Å². The first-order valence-electron chi connectivity index (χ1n) is 7.93. The molecule has 0 saturated carbocycles. The van der Waals surface area contributed by atoms with E-state index >= 15 is 0 Å².